The number of aliphatic hydroxyl groups excluding tert-OH is 1. The van der Waals surface area contributed by atoms with Crippen molar-refractivity contribution < 1.29 is 9.84 Å². The molecule has 0 aliphatic heterocycles. The molecule has 0 aliphatic rings. The lowest BCUT2D eigenvalue weighted by Gasteiger charge is -2.20. The zero-order valence-corrected chi connectivity index (χ0v) is 8.34. The average Bonchev–Trinajstić information content (AvgIpc) is 1.98. The van der Waals surface area contributed by atoms with Gasteiger partial charge in [-0.2, -0.15) is 0 Å². The maximum Gasteiger partial charge on any atom is 0.0838 e. The third kappa shape index (κ3) is 4.52. The van der Waals surface area contributed by atoms with Crippen molar-refractivity contribution in [3.8, 4) is 0 Å². The van der Waals surface area contributed by atoms with Gasteiger partial charge in [0.1, 0.15) is 0 Å². The van der Waals surface area contributed by atoms with E-state index in [0.29, 0.717) is 6.42 Å². The third-order valence-electron chi connectivity index (χ3n) is 1.86. The highest BCUT2D eigenvalue weighted by Gasteiger charge is 2.16. The summed E-state index contributed by atoms with van der Waals surface area (Å²) >= 11 is 0. The molecule has 0 aromatic rings. The summed E-state index contributed by atoms with van der Waals surface area (Å²) in [5.41, 5.74) is 1.00. The van der Waals surface area contributed by atoms with Gasteiger partial charge in [0.2, 0.25) is 0 Å². The van der Waals surface area contributed by atoms with Gasteiger partial charge in [0.05, 0.1) is 12.2 Å². The standard InChI is InChI=1S/C10H20O2/c1-5-6-10(12-4)9(11)7-8(2)3/h9-11H,2,5-7H2,1,3-4H3. The molecule has 2 heteroatoms. The molecule has 0 spiro atoms. The Morgan fingerprint density at radius 2 is 2.17 bits per heavy atom. The Labute approximate surface area is 75.2 Å². The fraction of sp³-hybridized carbons (Fsp3) is 0.800. The van der Waals surface area contributed by atoms with Gasteiger partial charge in [-0.1, -0.05) is 18.9 Å². The molecule has 0 saturated heterocycles. The molecule has 12 heavy (non-hydrogen) atoms. The summed E-state index contributed by atoms with van der Waals surface area (Å²) in [5.74, 6) is 0. The van der Waals surface area contributed by atoms with Crippen molar-refractivity contribution in [3.05, 3.63) is 12.2 Å². The van der Waals surface area contributed by atoms with Crippen LogP contribution in [0.25, 0.3) is 0 Å². The van der Waals surface area contributed by atoms with E-state index in [4.69, 9.17) is 4.74 Å². The van der Waals surface area contributed by atoms with Gasteiger partial charge in [-0.3, -0.25) is 0 Å². The van der Waals surface area contributed by atoms with E-state index >= 15 is 0 Å². The predicted molar refractivity (Wildman–Crippen MR) is 51.1 cm³/mol. The first kappa shape index (κ1) is 11.7. The molecule has 0 aromatic carbocycles. The lowest BCUT2D eigenvalue weighted by Crippen LogP contribution is -2.27. The van der Waals surface area contributed by atoms with Gasteiger partial charge >= 0.3 is 0 Å². The summed E-state index contributed by atoms with van der Waals surface area (Å²) in [6.07, 6.45) is 2.15. The molecular weight excluding hydrogens is 152 g/mol. The minimum absolute atomic E-state index is 0.0355. The van der Waals surface area contributed by atoms with Crippen LogP contribution in [0.4, 0.5) is 0 Å². The number of aliphatic hydroxyl groups is 1. The molecule has 0 aromatic heterocycles. The molecule has 2 atom stereocenters. The molecule has 0 aliphatic carbocycles. The number of rotatable bonds is 6. The van der Waals surface area contributed by atoms with E-state index in [2.05, 4.69) is 13.5 Å². The van der Waals surface area contributed by atoms with Gasteiger partial charge < -0.3 is 9.84 Å². The lowest BCUT2D eigenvalue weighted by molar-refractivity contribution is -0.0158. The van der Waals surface area contributed by atoms with Crippen LogP contribution < -0.4 is 0 Å². The van der Waals surface area contributed by atoms with E-state index in [1.54, 1.807) is 7.11 Å². The highest BCUT2D eigenvalue weighted by molar-refractivity contribution is 4.92. The largest absolute Gasteiger partial charge is 0.390 e. The maximum atomic E-state index is 9.62. The SMILES string of the molecule is C=C(C)CC(O)C(CCC)OC. The fourth-order valence-corrected chi connectivity index (χ4v) is 1.24. The van der Waals surface area contributed by atoms with Gasteiger partial charge in [-0.15, -0.1) is 6.58 Å². The van der Waals surface area contributed by atoms with E-state index in [9.17, 15) is 5.11 Å². The van der Waals surface area contributed by atoms with Crippen LogP contribution in [-0.4, -0.2) is 24.4 Å². The summed E-state index contributed by atoms with van der Waals surface area (Å²) in [4.78, 5) is 0. The van der Waals surface area contributed by atoms with E-state index in [1.807, 2.05) is 6.92 Å². The normalized spacial score (nSPS) is 15.7. The molecule has 0 radical (unpaired) electrons. The third-order valence-corrected chi connectivity index (χ3v) is 1.86. The molecular formula is C10H20O2. The zero-order valence-electron chi connectivity index (χ0n) is 8.34. The molecule has 0 saturated carbocycles. The first-order chi connectivity index (χ1) is 5.61. The van der Waals surface area contributed by atoms with Crippen LogP contribution >= 0.6 is 0 Å². The molecule has 2 unspecified atom stereocenters. The fourth-order valence-electron chi connectivity index (χ4n) is 1.24. The summed E-state index contributed by atoms with van der Waals surface area (Å²) in [7, 11) is 1.64. The van der Waals surface area contributed by atoms with Gasteiger partial charge in [-0.25, -0.2) is 0 Å². The highest BCUT2D eigenvalue weighted by atomic mass is 16.5. The van der Waals surface area contributed by atoms with Crippen LogP contribution in [0.15, 0.2) is 12.2 Å². The molecule has 0 heterocycles. The van der Waals surface area contributed by atoms with Crippen molar-refractivity contribution in [1.29, 1.82) is 0 Å². The summed E-state index contributed by atoms with van der Waals surface area (Å²) in [6.45, 7) is 7.76. The van der Waals surface area contributed by atoms with Crippen molar-refractivity contribution in [3.63, 3.8) is 0 Å². The smallest absolute Gasteiger partial charge is 0.0838 e. The number of hydrogen-bond acceptors (Lipinski definition) is 2. The number of methoxy groups -OCH3 is 1. The maximum absolute atomic E-state index is 9.62. The molecule has 0 rings (SSSR count). The number of ether oxygens (including phenoxy) is 1. The second-order valence-corrected chi connectivity index (χ2v) is 3.29. The van der Waals surface area contributed by atoms with Crippen molar-refractivity contribution in [2.75, 3.05) is 7.11 Å². The second kappa shape index (κ2) is 6.21. The number of hydrogen-bond donors (Lipinski definition) is 1. The Bertz CT molecular complexity index is 132. The monoisotopic (exact) mass is 172 g/mol. The van der Waals surface area contributed by atoms with Crippen LogP contribution in [0.5, 0.6) is 0 Å². The molecule has 0 fully saturated rings. The first-order valence-electron chi connectivity index (χ1n) is 4.47. The van der Waals surface area contributed by atoms with Crippen molar-refractivity contribution >= 4 is 0 Å². The summed E-state index contributed by atoms with van der Waals surface area (Å²) in [6, 6.07) is 0. The van der Waals surface area contributed by atoms with E-state index < -0.39 is 6.10 Å². The van der Waals surface area contributed by atoms with Crippen molar-refractivity contribution in [2.24, 2.45) is 0 Å². The summed E-state index contributed by atoms with van der Waals surface area (Å²) in [5, 5.41) is 9.62. The van der Waals surface area contributed by atoms with Crippen LogP contribution in [0.2, 0.25) is 0 Å². The van der Waals surface area contributed by atoms with E-state index in [0.717, 1.165) is 18.4 Å². The highest BCUT2D eigenvalue weighted by Crippen LogP contribution is 2.12. The Balaban J connectivity index is 3.84. The Morgan fingerprint density at radius 1 is 1.58 bits per heavy atom. The zero-order chi connectivity index (χ0) is 9.56. The Hall–Kier alpha value is -0.340. The first-order valence-corrected chi connectivity index (χ1v) is 4.47. The van der Waals surface area contributed by atoms with E-state index in [1.165, 1.54) is 0 Å². The second-order valence-electron chi connectivity index (χ2n) is 3.29. The van der Waals surface area contributed by atoms with Gasteiger partial charge in [0.25, 0.3) is 0 Å². The summed E-state index contributed by atoms with van der Waals surface area (Å²) < 4.78 is 5.16. The van der Waals surface area contributed by atoms with Gasteiger partial charge in [0, 0.05) is 7.11 Å². The minimum Gasteiger partial charge on any atom is -0.390 e. The van der Waals surface area contributed by atoms with Gasteiger partial charge in [-0.05, 0) is 19.8 Å². The molecule has 72 valence electrons. The molecule has 0 amide bonds. The predicted octanol–water partition coefficient (Wildman–Crippen LogP) is 2.13. The Kier molecular flexibility index (Phi) is 6.03. The molecule has 2 nitrogen and oxygen atoms in total. The van der Waals surface area contributed by atoms with Crippen molar-refractivity contribution in [2.45, 2.75) is 45.3 Å². The van der Waals surface area contributed by atoms with Crippen LogP contribution in [-0.2, 0) is 4.74 Å². The van der Waals surface area contributed by atoms with Gasteiger partial charge in [0.15, 0.2) is 0 Å². The van der Waals surface area contributed by atoms with E-state index in [-0.39, 0.29) is 6.10 Å². The Morgan fingerprint density at radius 3 is 2.50 bits per heavy atom. The molecule has 1 N–H and O–H groups in total. The van der Waals surface area contributed by atoms with Crippen LogP contribution in [0, 0.1) is 0 Å². The van der Waals surface area contributed by atoms with Crippen LogP contribution in [0.1, 0.15) is 33.1 Å². The quantitative estimate of drug-likeness (QED) is 0.622. The minimum atomic E-state index is -0.396. The molecule has 0 bridgehead atoms. The average molecular weight is 172 g/mol. The topological polar surface area (TPSA) is 29.5 Å². The van der Waals surface area contributed by atoms with Crippen molar-refractivity contribution in [1.82, 2.24) is 0 Å². The lowest BCUT2D eigenvalue weighted by atomic mass is 10.0. The van der Waals surface area contributed by atoms with Crippen LogP contribution in [0.3, 0.4) is 0 Å².